The van der Waals surface area contributed by atoms with Crippen molar-refractivity contribution in [1.29, 1.82) is 0 Å². The number of hydrogen-bond donors (Lipinski definition) is 0. The first-order valence-corrected chi connectivity index (χ1v) is 5.63. The van der Waals surface area contributed by atoms with Crippen LogP contribution in [0.2, 0.25) is 0 Å². The number of halogens is 1. The summed E-state index contributed by atoms with van der Waals surface area (Å²) in [5.41, 5.74) is 0.485. The van der Waals surface area contributed by atoms with Crippen LogP contribution >= 0.6 is 0 Å². The van der Waals surface area contributed by atoms with Crippen LogP contribution in [0.5, 0.6) is 0 Å². The summed E-state index contributed by atoms with van der Waals surface area (Å²) in [6.07, 6.45) is 0.157. The number of likely N-dealkylation sites (N-methyl/N-ethyl adjacent to an activating group) is 1. The Morgan fingerprint density at radius 3 is 2.47 bits per heavy atom. The highest BCUT2D eigenvalue weighted by molar-refractivity contribution is 5.93. The predicted molar refractivity (Wildman–Crippen MR) is 64.4 cm³/mol. The summed E-state index contributed by atoms with van der Waals surface area (Å²) in [5, 5.41) is 0. The third-order valence-electron chi connectivity index (χ3n) is 2.32. The van der Waals surface area contributed by atoms with Crippen molar-refractivity contribution in [1.82, 2.24) is 4.90 Å². The zero-order valence-corrected chi connectivity index (χ0v) is 10.4. The summed E-state index contributed by atoms with van der Waals surface area (Å²) in [5.74, 6) is -0.468. The number of ether oxygens (including phenoxy) is 1. The van der Waals surface area contributed by atoms with Gasteiger partial charge in [-0.3, -0.25) is 4.79 Å². The molecule has 1 amide bonds. The molecular weight excluding hydrogens is 221 g/mol. The lowest BCUT2D eigenvalue weighted by Gasteiger charge is -2.18. The summed E-state index contributed by atoms with van der Waals surface area (Å²) < 4.78 is 18.1. The Hall–Kier alpha value is -1.42. The Morgan fingerprint density at radius 1 is 1.35 bits per heavy atom. The van der Waals surface area contributed by atoms with E-state index in [0.717, 1.165) is 0 Å². The first kappa shape index (κ1) is 13.6. The number of rotatable bonds is 5. The highest BCUT2D eigenvalue weighted by atomic mass is 19.1. The molecule has 1 rings (SSSR count). The molecule has 0 aromatic heterocycles. The molecule has 0 aliphatic rings. The van der Waals surface area contributed by atoms with E-state index in [1.807, 2.05) is 13.8 Å². The van der Waals surface area contributed by atoms with Gasteiger partial charge in [0.1, 0.15) is 5.82 Å². The van der Waals surface area contributed by atoms with Crippen molar-refractivity contribution in [2.75, 3.05) is 20.2 Å². The number of amides is 1. The Labute approximate surface area is 101 Å². The second-order valence-electron chi connectivity index (χ2n) is 4.15. The van der Waals surface area contributed by atoms with Gasteiger partial charge in [0, 0.05) is 19.2 Å². The molecule has 0 saturated heterocycles. The molecule has 17 heavy (non-hydrogen) atoms. The lowest BCUT2D eigenvalue weighted by molar-refractivity contribution is 0.0532. The summed E-state index contributed by atoms with van der Waals surface area (Å²) >= 11 is 0. The van der Waals surface area contributed by atoms with E-state index in [0.29, 0.717) is 18.7 Å². The highest BCUT2D eigenvalue weighted by Gasteiger charge is 2.11. The molecule has 1 aromatic carbocycles. The van der Waals surface area contributed by atoms with Gasteiger partial charge >= 0.3 is 0 Å². The fourth-order valence-corrected chi connectivity index (χ4v) is 1.34. The lowest BCUT2D eigenvalue weighted by atomic mass is 10.2. The van der Waals surface area contributed by atoms with E-state index in [1.54, 1.807) is 11.9 Å². The van der Waals surface area contributed by atoms with Crippen LogP contribution in [-0.2, 0) is 4.74 Å². The smallest absolute Gasteiger partial charge is 0.253 e. The number of benzene rings is 1. The Morgan fingerprint density at radius 2 is 1.94 bits per heavy atom. The monoisotopic (exact) mass is 239 g/mol. The van der Waals surface area contributed by atoms with Crippen LogP contribution in [0.25, 0.3) is 0 Å². The maximum Gasteiger partial charge on any atom is 0.253 e. The van der Waals surface area contributed by atoms with Crippen molar-refractivity contribution >= 4 is 5.91 Å². The molecular formula is C13H18FNO2. The zero-order chi connectivity index (χ0) is 12.8. The minimum atomic E-state index is -0.340. The highest BCUT2D eigenvalue weighted by Crippen LogP contribution is 2.05. The summed E-state index contributed by atoms with van der Waals surface area (Å²) in [6, 6.07) is 5.53. The fourth-order valence-electron chi connectivity index (χ4n) is 1.34. The van der Waals surface area contributed by atoms with Crippen LogP contribution in [0.1, 0.15) is 24.2 Å². The van der Waals surface area contributed by atoms with Gasteiger partial charge in [-0.1, -0.05) is 0 Å². The topological polar surface area (TPSA) is 29.5 Å². The molecule has 0 saturated carbocycles. The summed E-state index contributed by atoms with van der Waals surface area (Å²) in [6.45, 7) is 4.92. The molecule has 0 radical (unpaired) electrons. The van der Waals surface area contributed by atoms with Gasteiger partial charge in [-0.05, 0) is 38.1 Å². The molecule has 0 fully saturated rings. The van der Waals surface area contributed by atoms with E-state index < -0.39 is 0 Å². The molecule has 0 aliphatic heterocycles. The summed E-state index contributed by atoms with van der Waals surface area (Å²) in [7, 11) is 1.70. The molecule has 0 bridgehead atoms. The van der Waals surface area contributed by atoms with Crippen LogP contribution in [0.15, 0.2) is 24.3 Å². The molecule has 94 valence electrons. The van der Waals surface area contributed by atoms with E-state index in [1.165, 1.54) is 24.3 Å². The molecule has 0 aliphatic carbocycles. The molecule has 0 spiro atoms. The van der Waals surface area contributed by atoms with Crippen LogP contribution in [0.3, 0.4) is 0 Å². The molecule has 3 nitrogen and oxygen atoms in total. The molecule has 0 heterocycles. The van der Waals surface area contributed by atoms with Gasteiger partial charge in [-0.25, -0.2) is 4.39 Å². The van der Waals surface area contributed by atoms with Crippen LogP contribution < -0.4 is 0 Å². The lowest BCUT2D eigenvalue weighted by Crippen LogP contribution is -2.30. The van der Waals surface area contributed by atoms with Crippen molar-refractivity contribution in [2.45, 2.75) is 20.0 Å². The summed E-state index contributed by atoms with van der Waals surface area (Å²) in [4.78, 5) is 13.4. The normalized spacial score (nSPS) is 10.6. The van der Waals surface area contributed by atoms with Crippen LogP contribution in [-0.4, -0.2) is 37.1 Å². The maximum absolute atomic E-state index is 12.7. The van der Waals surface area contributed by atoms with Gasteiger partial charge in [-0.15, -0.1) is 0 Å². The standard InChI is InChI=1S/C13H18FNO2/c1-10(2)17-9-8-15(3)13(16)11-4-6-12(14)7-5-11/h4-7,10H,8-9H2,1-3H3. The first-order valence-electron chi connectivity index (χ1n) is 5.63. The first-order chi connectivity index (χ1) is 8.00. The SMILES string of the molecule is CC(C)OCCN(C)C(=O)c1ccc(F)cc1. The largest absolute Gasteiger partial charge is 0.377 e. The minimum absolute atomic E-state index is 0.127. The molecule has 0 atom stereocenters. The van der Waals surface area contributed by atoms with Gasteiger partial charge in [0.2, 0.25) is 0 Å². The van der Waals surface area contributed by atoms with Crippen molar-refractivity contribution in [3.05, 3.63) is 35.6 Å². The number of nitrogens with zero attached hydrogens (tertiary/aromatic N) is 1. The molecule has 1 aromatic rings. The van der Waals surface area contributed by atoms with Gasteiger partial charge in [0.05, 0.1) is 12.7 Å². The number of carbonyl (C=O) groups excluding carboxylic acids is 1. The van der Waals surface area contributed by atoms with Crippen molar-refractivity contribution in [3.63, 3.8) is 0 Å². The van der Waals surface area contributed by atoms with Crippen molar-refractivity contribution in [2.24, 2.45) is 0 Å². The zero-order valence-electron chi connectivity index (χ0n) is 10.4. The van der Waals surface area contributed by atoms with E-state index in [2.05, 4.69) is 0 Å². The van der Waals surface area contributed by atoms with E-state index >= 15 is 0 Å². The van der Waals surface area contributed by atoms with Crippen LogP contribution in [0.4, 0.5) is 4.39 Å². The van der Waals surface area contributed by atoms with Crippen molar-refractivity contribution in [3.8, 4) is 0 Å². The average Bonchev–Trinajstić information content (AvgIpc) is 2.28. The quantitative estimate of drug-likeness (QED) is 0.789. The Kier molecular flexibility index (Phi) is 5.10. The van der Waals surface area contributed by atoms with E-state index in [-0.39, 0.29) is 17.8 Å². The number of hydrogen-bond acceptors (Lipinski definition) is 2. The third-order valence-corrected chi connectivity index (χ3v) is 2.32. The molecule has 4 heteroatoms. The molecule has 0 N–H and O–H groups in total. The van der Waals surface area contributed by atoms with E-state index in [4.69, 9.17) is 4.74 Å². The van der Waals surface area contributed by atoms with Gasteiger partial charge in [0.15, 0.2) is 0 Å². The maximum atomic E-state index is 12.7. The Balaban J connectivity index is 2.49. The second kappa shape index (κ2) is 6.35. The van der Waals surface area contributed by atoms with Crippen LogP contribution in [0, 0.1) is 5.82 Å². The number of carbonyl (C=O) groups is 1. The van der Waals surface area contributed by atoms with E-state index in [9.17, 15) is 9.18 Å². The Bertz CT molecular complexity index is 362. The van der Waals surface area contributed by atoms with Crippen molar-refractivity contribution < 1.29 is 13.9 Å². The average molecular weight is 239 g/mol. The third kappa shape index (κ3) is 4.53. The predicted octanol–water partition coefficient (Wildman–Crippen LogP) is 2.32. The van der Waals surface area contributed by atoms with Gasteiger partial charge in [-0.2, -0.15) is 0 Å². The van der Waals surface area contributed by atoms with Gasteiger partial charge in [0.25, 0.3) is 5.91 Å². The minimum Gasteiger partial charge on any atom is -0.377 e. The fraction of sp³-hybridized carbons (Fsp3) is 0.462. The second-order valence-corrected chi connectivity index (χ2v) is 4.15. The van der Waals surface area contributed by atoms with Gasteiger partial charge < -0.3 is 9.64 Å². The molecule has 0 unspecified atom stereocenters.